The minimum atomic E-state index is -3.82. The fourth-order valence-electron chi connectivity index (χ4n) is 4.12. The van der Waals surface area contributed by atoms with Crippen LogP contribution >= 0.6 is 0 Å². The first-order chi connectivity index (χ1) is 12.5. The van der Waals surface area contributed by atoms with E-state index in [0.29, 0.717) is 12.3 Å². The Hall–Kier alpha value is -2.15. The molecule has 0 radical (unpaired) electrons. The lowest BCUT2D eigenvalue weighted by molar-refractivity contribution is 0.400. The number of hydrogen-bond acceptors (Lipinski definition) is 4. The van der Waals surface area contributed by atoms with E-state index >= 15 is 0 Å². The summed E-state index contributed by atoms with van der Waals surface area (Å²) in [4.78, 5) is 0.189. The van der Waals surface area contributed by atoms with Crippen molar-refractivity contribution >= 4 is 10.0 Å². The molecule has 2 unspecified atom stereocenters. The predicted molar refractivity (Wildman–Crippen MR) is 100 cm³/mol. The summed E-state index contributed by atoms with van der Waals surface area (Å²) >= 11 is 0. The number of rotatable bonds is 4. The summed E-state index contributed by atoms with van der Waals surface area (Å²) < 4.78 is 29.9. The van der Waals surface area contributed by atoms with Crippen molar-refractivity contribution in [2.75, 3.05) is 13.1 Å². The first-order valence-electron chi connectivity index (χ1n) is 8.77. The number of benzene rings is 1. The maximum atomic E-state index is 12.2. The second kappa shape index (κ2) is 6.87. The highest BCUT2D eigenvalue weighted by atomic mass is 32.2. The van der Waals surface area contributed by atoms with E-state index in [9.17, 15) is 8.42 Å². The van der Waals surface area contributed by atoms with E-state index in [1.54, 1.807) is 18.4 Å². The van der Waals surface area contributed by atoms with Crippen LogP contribution in [0.15, 0.2) is 69.7 Å². The van der Waals surface area contributed by atoms with Crippen molar-refractivity contribution in [3.63, 3.8) is 0 Å². The van der Waals surface area contributed by atoms with Gasteiger partial charge in [0.15, 0.2) is 0 Å². The van der Waals surface area contributed by atoms with Crippen molar-refractivity contribution in [3.05, 3.63) is 77.3 Å². The predicted octanol–water partition coefficient (Wildman–Crippen LogP) is 2.71. The molecule has 1 aromatic carbocycles. The van der Waals surface area contributed by atoms with E-state index in [4.69, 9.17) is 9.56 Å². The number of nitrogens with two attached hydrogens (primary N) is 1. The molecule has 5 nitrogen and oxygen atoms in total. The highest BCUT2D eigenvalue weighted by Crippen LogP contribution is 2.40. The topological polar surface area (TPSA) is 85.3 Å². The van der Waals surface area contributed by atoms with Gasteiger partial charge in [0.1, 0.15) is 5.76 Å². The van der Waals surface area contributed by atoms with E-state index in [0.717, 1.165) is 36.4 Å². The first kappa shape index (κ1) is 17.3. The Bertz CT molecular complexity index is 959. The fourth-order valence-corrected chi connectivity index (χ4v) is 4.92. The normalized spacial score (nSPS) is 22.7. The van der Waals surface area contributed by atoms with E-state index in [1.807, 2.05) is 18.2 Å². The molecule has 1 aliphatic heterocycles. The van der Waals surface area contributed by atoms with Crippen LogP contribution in [0.4, 0.5) is 0 Å². The number of fused-ring (bicyclic) bond motifs is 1. The summed E-state index contributed by atoms with van der Waals surface area (Å²) in [7, 11) is -3.82. The van der Waals surface area contributed by atoms with Gasteiger partial charge in [0.2, 0.25) is 10.0 Å². The number of furan rings is 1. The van der Waals surface area contributed by atoms with Gasteiger partial charge in [0.25, 0.3) is 0 Å². The van der Waals surface area contributed by atoms with Gasteiger partial charge >= 0.3 is 0 Å². The number of sulfonamides is 1. The van der Waals surface area contributed by atoms with Gasteiger partial charge in [-0.3, -0.25) is 0 Å². The largest absolute Gasteiger partial charge is 0.469 e. The van der Waals surface area contributed by atoms with E-state index in [1.165, 1.54) is 5.57 Å². The molecule has 1 aliphatic carbocycles. The number of nitrogens with one attached hydrogen (secondary N) is 1. The van der Waals surface area contributed by atoms with Gasteiger partial charge in [-0.1, -0.05) is 35.9 Å². The number of allylic oxidation sites excluding steroid dienone is 3. The molecule has 0 amide bonds. The third kappa shape index (κ3) is 3.28. The smallest absolute Gasteiger partial charge is 0.238 e. The van der Waals surface area contributed by atoms with Gasteiger partial charge in [0, 0.05) is 25.4 Å². The van der Waals surface area contributed by atoms with Crippen molar-refractivity contribution in [1.29, 1.82) is 0 Å². The molecule has 1 saturated heterocycles. The zero-order valence-electron chi connectivity index (χ0n) is 14.4. The second-order valence-electron chi connectivity index (χ2n) is 6.87. The lowest BCUT2D eigenvalue weighted by Gasteiger charge is -2.37. The second-order valence-corrected chi connectivity index (χ2v) is 8.40. The van der Waals surface area contributed by atoms with Crippen LogP contribution in [-0.2, 0) is 16.4 Å². The molecule has 0 bridgehead atoms. The Morgan fingerprint density at radius 1 is 1.19 bits per heavy atom. The number of piperidine rings is 1. The summed E-state index contributed by atoms with van der Waals surface area (Å²) in [6.07, 6.45) is 9.43. The zero-order valence-corrected chi connectivity index (χ0v) is 15.2. The van der Waals surface area contributed by atoms with Gasteiger partial charge in [-0.25, -0.2) is 13.6 Å². The van der Waals surface area contributed by atoms with Crippen molar-refractivity contribution in [3.8, 4) is 0 Å². The first-order valence-corrected chi connectivity index (χ1v) is 10.3. The van der Waals surface area contributed by atoms with E-state index < -0.39 is 10.0 Å². The molecular formula is C20H22N2O3S. The van der Waals surface area contributed by atoms with Gasteiger partial charge in [-0.2, -0.15) is 0 Å². The van der Waals surface area contributed by atoms with Crippen molar-refractivity contribution in [2.45, 2.75) is 23.7 Å². The van der Waals surface area contributed by atoms with Crippen LogP contribution in [-0.4, -0.2) is 21.5 Å². The maximum Gasteiger partial charge on any atom is 0.238 e. The average Bonchev–Trinajstić information content (AvgIpc) is 3.14. The Balaban J connectivity index is 1.82. The minimum Gasteiger partial charge on any atom is -0.469 e. The zero-order chi connectivity index (χ0) is 18.1. The van der Waals surface area contributed by atoms with Crippen LogP contribution in [0.3, 0.4) is 0 Å². The van der Waals surface area contributed by atoms with E-state index in [-0.39, 0.29) is 10.8 Å². The molecule has 136 valence electrons. The molecule has 4 rings (SSSR count). The van der Waals surface area contributed by atoms with Crippen LogP contribution in [0, 0.1) is 5.92 Å². The summed E-state index contributed by atoms with van der Waals surface area (Å²) in [6.45, 7) is 1.70. The van der Waals surface area contributed by atoms with Crippen molar-refractivity contribution in [2.24, 2.45) is 11.1 Å². The Morgan fingerprint density at radius 3 is 2.85 bits per heavy atom. The Labute approximate surface area is 153 Å². The summed E-state index contributed by atoms with van der Waals surface area (Å²) in [5.74, 6) is 1.31. The third-order valence-corrected chi connectivity index (χ3v) is 6.29. The molecule has 26 heavy (non-hydrogen) atoms. The van der Waals surface area contributed by atoms with Gasteiger partial charge in [-0.15, -0.1) is 0 Å². The van der Waals surface area contributed by atoms with Crippen LogP contribution in [0.5, 0.6) is 0 Å². The van der Waals surface area contributed by atoms with Gasteiger partial charge in [-0.05, 0) is 41.7 Å². The quantitative estimate of drug-likeness (QED) is 0.866. The molecule has 3 N–H and O–H groups in total. The molecule has 0 saturated carbocycles. The molecule has 2 aromatic rings. The fraction of sp³-hybridized carbons (Fsp3) is 0.300. The van der Waals surface area contributed by atoms with Crippen molar-refractivity contribution < 1.29 is 12.8 Å². The van der Waals surface area contributed by atoms with Gasteiger partial charge < -0.3 is 9.73 Å². The number of primary sulfonamides is 1. The molecule has 2 heterocycles. The van der Waals surface area contributed by atoms with Crippen molar-refractivity contribution in [1.82, 2.24) is 5.32 Å². The highest BCUT2D eigenvalue weighted by Gasteiger charge is 2.33. The molecule has 2 aliphatic rings. The SMILES string of the molecule is NS(=O)(=O)c1cccc(C2CNCC3=CC=CCC32)c1Cc1ccco1. The van der Waals surface area contributed by atoms with Gasteiger partial charge in [0.05, 0.1) is 11.2 Å². The molecule has 6 heteroatoms. The Kier molecular flexibility index (Phi) is 4.56. The van der Waals surface area contributed by atoms with Crippen LogP contribution in [0.25, 0.3) is 0 Å². The van der Waals surface area contributed by atoms with E-state index in [2.05, 4.69) is 23.5 Å². The Morgan fingerprint density at radius 2 is 2.08 bits per heavy atom. The molecule has 1 aromatic heterocycles. The average molecular weight is 370 g/mol. The summed E-state index contributed by atoms with van der Waals surface area (Å²) in [5.41, 5.74) is 3.15. The van der Waals surface area contributed by atoms with Crippen LogP contribution in [0.2, 0.25) is 0 Å². The lowest BCUT2D eigenvalue weighted by Crippen LogP contribution is -2.38. The summed E-state index contributed by atoms with van der Waals surface area (Å²) in [6, 6.07) is 9.07. The highest BCUT2D eigenvalue weighted by molar-refractivity contribution is 7.89. The maximum absolute atomic E-state index is 12.2. The molecule has 1 fully saturated rings. The third-order valence-electron chi connectivity index (χ3n) is 5.30. The monoisotopic (exact) mass is 370 g/mol. The number of hydrogen-bond donors (Lipinski definition) is 2. The standard InChI is InChI=1S/C20H22N2O3S/c21-26(23,24)20-9-3-8-17(18(20)11-15-6-4-10-25-15)19-13-22-12-14-5-1-2-7-16(14)19/h1-6,8-10,16,19,22H,7,11-13H2,(H2,21,23,24). The van der Waals surface area contributed by atoms with Crippen LogP contribution < -0.4 is 10.5 Å². The minimum absolute atomic E-state index is 0.189. The molecular weight excluding hydrogens is 348 g/mol. The van der Waals surface area contributed by atoms with Crippen LogP contribution in [0.1, 0.15) is 29.2 Å². The lowest BCUT2D eigenvalue weighted by atomic mass is 9.73. The molecule has 2 atom stereocenters. The summed E-state index contributed by atoms with van der Waals surface area (Å²) in [5, 5.41) is 8.99. The molecule has 0 spiro atoms.